The fraction of sp³-hybridized carbons (Fsp3) is 0.333. The molecular weight excluding hydrogens is 388 g/mol. The van der Waals surface area contributed by atoms with Crippen LogP contribution >= 0.6 is 0 Å². The Morgan fingerprint density at radius 1 is 1.20 bits per heavy atom. The maximum absolute atomic E-state index is 12.9. The maximum atomic E-state index is 12.9. The van der Waals surface area contributed by atoms with Gasteiger partial charge in [0.25, 0.3) is 5.69 Å². The van der Waals surface area contributed by atoms with Crippen molar-refractivity contribution in [1.82, 2.24) is 10.3 Å². The summed E-state index contributed by atoms with van der Waals surface area (Å²) in [7, 11) is 0. The summed E-state index contributed by atoms with van der Waals surface area (Å²) in [6.07, 6.45) is 2.55. The van der Waals surface area contributed by atoms with E-state index in [2.05, 4.69) is 5.32 Å². The predicted molar refractivity (Wildman–Crippen MR) is 108 cm³/mol. The molecule has 9 heteroatoms. The second kappa shape index (κ2) is 7.01. The number of benzene rings is 2. The molecule has 0 spiro atoms. The highest BCUT2D eigenvalue weighted by Crippen LogP contribution is 2.37. The lowest BCUT2D eigenvalue weighted by Crippen LogP contribution is -2.43. The molecule has 0 aromatic heterocycles. The van der Waals surface area contributed by atoms with Crippen molar-refractivity contribution in [3.63, 3.8) is 0 Å². The number of nitro benzene ring substituents is 1. The van der Waals surface area contributed by atoms with E-state index in [9.17, 15) is 14.9 Å². The zero-order valence-corrected chi connectivity index (χ0v) is 16.3. The highest BCUT2D eigenvalue weighted by molar-refractivity contribution is 6.14. The molecule has 3 aliphatic rings. The van der Waals surface area contributed by atoms with E-state index in [4.69, 9.17) is 14.6 Å². The lowest BCUT2D eigenvalue weighted by molar-refractivity contribution is -0.384. The first-order valence-corrected chi connectivity index (χ1v) is 9.85. The maximum Gasteiger partial charge on any atom is 0.338 e. The number of hydrogen-bond acceptors (Lipinski definition) is 6. The van der Waals surface area contributed by atoms with E-state index in [1.54, 1.807) is 12.1 Å². The number of nitro groups is 1. The molecule has 2 heterocycles. The molecule has 2 amide bonds. The molecule has 5 rings (SSSR count). The molecule has 1 aliphatic carbocycles. The van der Waals surface area contributed by atoms with Crippen molar-refractivity contribution in [1.29, 1.82) is 0 Å². The van der Waals surface area contributed by atoms with E-state index in [1.807, 2.05) is 19.1 Å². The van der Waals surface area contributed by atoms with E-state index >= 15 is 0 Å². The van der Waals surface area contributed by atoms with Crippen LogP contribution in [0.5, 0.6) is 11.5 Å². The van der Waals surface area contributed by atoms with Crippen LogP contribution in [0.4, 0.5) is 10.5 Å². The lowest BCUT2D eigenvalue weighted by Gasteiger charge is -2.23. The molecule has 0 radical (unpaired) electrons. The van der Waals surface area contributed by atoms with Crippen molar-refractivity contribution in [3.05, 3.63) is 63.2 Å². The van der Waals surface area contributed by atoms with Crippen LogP contribution in [0.15, 0.2) is 41.5 Å². The monoisotopic (exact) mass is 408 g/mol. The number of urea groups is 1. The van der Waals surface area contributed by atoms with Crippen molar-refractivity contribution in [2.75, 3.05) is 6.79 Å². The Bertz CT molecular complexity index is 1060. The van der Waals surface area contributed by atoms with Gasteiger partial charge in [-0.15, -0.1) is 0 Å². The molecule has 1 atom stereocenters. The molecule has 9 nitrogen and oxygen atoms in total. The second-order valence-electron chi connectivity index (χ2n) is 7.74. The second-order valence-corrected chi connectivity index (χ2v) is 7.74. The van der Waals surface area contributed by atoms with Gasteiger partial charge in [-0.2, -0.15) is 5.10 Å². The van der Waals surface area contributed by atoms with E-state index in [-0.39, 0.29) is 30.6 Å². The van der Waals surface area contributed by atoms with Gasteiger partial charge < -0.3 is 14.8 Å². The van der Waals surface area contributed by atoms with Crippen LogP contribution in [0.3, 0.4) is 0 Å². The summed E-state index contributed by atoms with van der Waals surface area (Å²) in [6, 6.07) is 9.76. The van der Waals surface area contributed by atoms with Gasteiger partial charge in [0.1, 0.15) is 0 Å². The molecule has 154 valence electrons. The number of ether oxygens (including phenoxy) is 2. The van der Waals surface area contributed by atoms with E-state index < -0.39 is 4.92 Å². The van der Waals surface area contributed by atoms with Crippen LogP contribution < -0.4 is 14.8 Å². The zero-order chi connectivity index (χ0) is 20.8. The first kappa shape index (κ1) is 18.4. The largest absolute Gasteiger partial charge is 0.454 e. The smallest absolute Gasteiger partial charge is 0.338 e. The standard InChI is InChI=1S/C21H20N4O5/c1-12-8-14-9-18-19(30-11-29-18)10-17(14)20(13-2-6-16(7-3-13)25(27)28)23-24(12)21(26)22-15-4-5-15/h2-3,6-7,9-10,12,15H,4-5,8,11H2,1H3,(H,22,26). The normalized spacial score (nSPS) is 19.6. The van der Waals surface area contributed by atoms with Crippen molar-refractivity contribution in [3.8, 4) is 11.5 Å². The molecule has 1 unspecified atom stereocenters. The SMILES string of the molecule is CC1Cc2cc3c(cc2C(c2ccc([N+](=O)[O-])cc2)=NN1C(=O)NC1CC1)OCO3. The molecule has 2 aromatic carbocycles. The van der Waals surface area contributed by atoms with Crippen LogP contribution in [0.1, 0.15) is 36.5 Å². The highest BCUT2D eigenvalue weighted by Gasteiger charge is 2.32. The molecule has 1 N–H and O–H groups in total. The minimum Gasteiger partial charge on any atom is -0.454 e. The molecule has 0 bridgehead atoms. The molecular formula is C21H20N4O5. The number of nitrogens with zero attached hydrogens (tertiary/aromatic N) is 3. The minimum absolute atomic E-state index is 0.00409. The van der Waals surface area contributed by atoms with Gasteiger partial charge in [-0.25, -0.2) is 9.80 Å². The first-order valence-electron chi connectivity index (χ1n) is 9.85. The van der Waals surface area contributed by atoms with Gasteiger partial charge in [-0.05, 0) is 56.0 Å². The van der Waals surface area contributed by atoms with Gasteiger partial charge >= 0.3 is 6.03 Å². The van der Waals surface area contributed by atoms with E-state index in [1.165, 1.54) is 17.1 Å². The molecule has 2 aromatic rings. The van der Waals surface area contributed by atoms with Crippen LogP contribution in [0.2, 0.25) is 0 Å². The number of hydrogen-bond donors (Lipinski definition) is 1. The summed E-state index contributed by atoms with van der Waals surface area (Å²) in [6.45, 7) is 2.11. The molecule has 1 saturated carbocycles. The van der Waals surface area contributed by atoms with Crippen LogP contribution in [-0.4, -0.2) is 40.6 Å². The summed E-state index contributed by atoms with van der Waals surface area (Å²) in [5.41, 5.74) is 3.04. The van der Waals surface area contributed by atoms with Crippen molar-refractivity contribution in [2.24, 2.45) is 5.10 Å². The van der Waals surface area contributed by atoms with Crippen LogP contribution in [0.25, 0.3) is 0 Å². The number of hydrazone groups is 1. The third-order valence-electron chi connectivity index (χ3n) is 5.46. The van der Waals surface area contributed by atoms with Crippen LogP contribution in [0, 0.1) is 10.1 Å². The Morgan fingerprint density at radius 2 is 1.90 bits per heavy atom. The topological polar surface area (TPSA) is 106 Å². The Balaban J connectivity index is 1.61. The van der Waals surface area contributed by atoms with Gasteiger partial charge in [-0.3, -0.25) is 10.1 Å². The average molecular weight is 408 g/mol. The summed E-state index contributed by atoms with van der Waals surface area (Å²) in [5, 5.41) is 20.2. The van der Waals surface area contributed by atoms with Gasteiger partial charge in [0, 0.05) is 29.3 Å². The number of carbonyl (C=O) groups excluding carboxylic acids is 1. The van der Waals surface area contributed by atoms with E-state index in [0.717, 1.165) is 24.0 Å². The first-order chi connectivity index (χ1) is 14.5. The summed E-state index contributed by atoms with van der Waals surface area (Å²) in [4.78, 5) is 23.5. The third kappa shape index (κ3) is 3.32. The Kier molecular flexibility index (Phi) is 4.30. The quantitative estimate of drug-likeness (QED) is 0.620. The van der Waals surface area contributed by atoms with Gasteiger partial charge in [0.2, 0.25) is 6.79 Å². The minimum atomic E-state index is -0.442. The average Bonchev–Trinajstić information content (AvgIpc) is 3.44. The number of non-ortho nitro benzene ring substituents is 1. The Hall–Kier alpha value is -3.62. The Morgan fingerprint density at radius 3 is 2.57 bits per heavy atom. The van der Waals surface area contributed by atoms with Crippen molar-refractivity contribution in [2.45, 2.75) is 38.3 Å². The van der Waals surface area contributed by atoms with Gasteiger partial charge in [0.05, 0.1) is 16.7 Å². The number of carbonyl (C=O) groups is 1. The highest BCUT2D eigenvalue weighted by atomic mass is 16.7. The summed E-state index contributed by atoms with van der Waals surface area (Å²) >= 11 is 0. The van der Waals surface area contributed by atoms with Crippen molar-refractivity contribution >= 4 is 17.4 Å². The lowest BCUT2D eigenvalue weighted by atomic mass is 9.94. The third-order valence-corrected chi connectivity index (χ3v) is 5.46. The molecule has 0 saturated heterocycles. The predicted octanol–water partition coefficient (Wildman–Crippen LogP) is 3.19. The summed E-state index contributed by atoms with van der Waals surface area (Å²) < 4.78 is 11.1. The number of nitrogens with one attached hydrogen (secondary N) is 1. The number of amides is 2. The van der Waals surface area contributed by atoms with Crippen LogP contribution in [-0.2, 0) is 6.42 Å². The molecule has 2 aliphatic heterocycles. The summed E-state index contributed by atoms with van der Waals surface area (Å²) in [5.74, 6) is 1.28. The fourth-order valence-electron chi connectivity index (χ4n) is 3.71. The Labute approximate surface area is 172 Å². The number of fused-ring (bicyclic) bond motifs is 2. The van der Waals surface area contributed by atoms with E-state index in [0.29, 0.717) is 29.2 Å². The molecule has 1 fully saturated rings. The zero-order valence-electron chi connectivity index (χ0n) is 16.3. The fourth-order valence-corrected chi connectivity index (χ4v) is 3.71. The van der Waals surface area contributed by atoms with Crippen molar-refractivity contribution < 1.29 is 19.2 Å². The molecule has 30 heavy (non-hydrogen) atoms. The number of rotatable bonds is 3. The van der Waals surface area contributed by atoms with Gasteiger partial charge in [0.15, 0.2) is 11.5 Å². The van der Waals surface area contributed by atoms with Gasteiger partial charge in [-0.1, -0.05) is 0 Å².